The smallest absolute Gasteiger partial charge is 0.348 e. The molecule has 1 aliphatic heterocycles. The molecule has 5 nitrogen and oxygen atoms in total. The van der Waals surface area contributed by atoms with Crippen LogP contribution in [0.15, 0.2) is 47.4 Å². The van der Waals surface area contributed by atoms with Gasteiger partial charge in [-0.15, -0.1) is 11.8 Å². The maximum Gasteiger partial charge on any atom is 0.348 e. The van der Waals surface area contributed by atoms with E-state index in [1.54, 1.807) is 40.7 Å². The number of rotatable bonds is 5. The van der Waals surface area contributed by atoms with E-state index in [0.717, 1.165) is 6.42 Å². The van der Waals surface area contributed by atoms with Gasteiger partial charge in [-0.1, -0.05) is 37.3 Å². The van der Waals surface area contributed by atoms with Gasteiger partial charge < -0.3 is 4.74 Å². The summed E-state index contributed by atoms with van der Waals surface area (Å²) in [5, 5.41) is -0.0428. The second kappa shape index (κ2) is 7.10. The summed E-state index contributed by atoms with van der Waals surface area (Å²) < 4.78 is 7.18. The summed E-state index contributed by atoms with van der Waals surface area (Å²) in [6.45, 7) is 2.56. The molecular formula is C17H18N2O3S. The number of ketones is 1. The fourth-order valence-electron chi connectivity index (χ4n) is 2.46. The first-order valence-electron chi connectivity index (χ1n) is 7.60. The lowest BCUT2D eigenvalue weighted by Crippen LogP contribution is -2.27. The van der Waals surface area contributed by atoms with Crippen molar-refractivity contribution in [2.24, 2.45) is 0 Å². The van der Waals surface area contributed by atoms with Crippen LogP contribution in [0.4, 0.5) is 0 Å². The predicted molar refractivity (Wildman–Crippen MR) is 89.6 cm³/mol. The van der Waals surface area contributed by atoms with Crippen LogP contribution < -0.4 is 5.69 Å². The lowest BCUT2D eigenvalue weighted by Gasteiger charge is -2.11. The third-order valence-electron chi connectivity index (χ3n) is 3.70. The summed E-state index contributed by atoms with van der Waals surface area (Å²) in [4.78, 5) is 28.4. The van der Waals surface area contributed by atoms with Gasteiger partial charge >= 0.3 is 5.69 Å². The van der Waals surface area contributed by atoms with Crippen molar-refractivity contribution in [2.75, 3.05) is 6.61 Å². The van der Waals surface area contributed by atoms with Gasteiger partial charge in [-0.3, -0.25) is 9.36 Å². The second-order valence-corrected chi connectivity index (χ2v) is 6.68. The van der Waals surface area contributed by atoms with Crippen molar-refractivity contribution in [3.63, 3.8) is 0 Å². The Labute approximate surface area is 138 Å². The molecule has 1 aromatic carbocycles. The number of hydrogen-bond acceptors (Lipinski definition) is 5. The van der Waals surface area contributed by atoms with E-state index >= 15 is 0 Å². The van der Waals surface area contributed by atoms with E-state index in [0.29, 0.717) is 17.9 Å². The molecule has 2 atom stereocenters. The zero-order chi connectivity index (χ0) is 16.2. The fraction of sp³-hybridized carbons (Fsp3) is 0.353. The summed E-state index contributed by atoms with van der Waals surface area (Å²) >= 11 is 1.63. The monoisotopic (exact) mass is 330 g/mol. The van der Waals surface area contributed by atoms with E-state index in [1.807, 2.05) is 18.2 Å². The Balaban J connectivity index is 1.72. The Kier molecular flexibility index (Phi) is 4.93. The van der Waals surface area contributed by atoms with Crippen LogP contribution in [-0.4, -0.2) is 27.4 Å². The number of carbonyl (C=O) groups excluding carboxylic acids is 1. The Hall–Kier alpha value is -1.92. The molecule has 2 heterocycles. The number of thioether (sulfide) groups is 1. The van der Waals surface area contributed by atoms with Crippen molar-refractivity contribution in [1.82, 2.24) is 9.55 Å². The van der Waals surface area contributed by atoms with E-state index in [-0.39, 0.29) is 28.7 Å². The quantitative estimate of drug-likeness (QED) is 0.789. The SMILES string of the molecule is CC[C@H]1OC[C@@H](n2ccc(CC(=O)c3ccccc3)nc2=O)S1. The molecule has 3 rings (SSSR count). The molecule has 1 fully saturated rings. The molecule has 0 unspecified atom stereocenters. The molecule has 0 saturated carbocycles. The summed E-state index contributed by atoms with van der Waals surface area (Å²) in [6.07, 6.45) is 2.75. The maximum atomic E-state index is 12.2. The van der Waals surface area contributed by atoms with Crippen molar-refractivity contribution >= 4 is 17.5 Å². The Morgan fingerprint density at radius 2 is 2.13 bits per heavy atom. The van der Waals surface area contributed by atoms with Gasteiger partial charge in [-0.2, -0.15) is 4.98 Å². The standard InChI is InChI=1S/C17H18N2O3S/c1-2-16-22-11-15(23-16)19-9-8-13(18-17(19)21)10-14(20)12-6-4-3-5-7-12/h3-9,15-16H,2,10-11H2,1H3/t15-,16-/m0/s1. The number of ether oxygens (including phenoxy) is 1. The minimum atomic E-state index is -0.332. The summed E-state index contributed by atoms with van der Waals surface area (Å²) in [6, 6.07) is 10.8. The van der Waals surface area contributed by atoms with Crippen LogP contribution in [-0.2, 0) is 11.2 Å². The van der Waals surface area contributed by atoms with Crippen LogP contribution in [0.3, 0.4) is 0 Å². The zero-order valence-electron chi connectivity index (χ0n) is 12.8. The van der Waals surface area contributed by atoms with Gasteiger partial charge in [0.15, 0.2) is 5.78 Å². The van der Waals surface area contributed by atoms with Gasteiger partial charge in [0.25, 0.3) is 0 Å². The molecule has 1 aromatic heterocycles. The van der Waals surface area contributed by atoms with E-state index in [1.165, 1.54) is 0 Å². The van der Waals surface area contributed by atoms with Crippen LogP contribution in [0, 0.1) is 0 Å². The third kappa shape index (κ3) is 3.71. The zero-order valence-corrected chi connectivity index (χ0v) is 13.7. The van der Waals surface area contributed by atoms with Crippen LogP contribution in [0.25, 0.3) is 0 Å². The fourth-order valence-corrected chi connectivity index (χ4v) is 3.61. The first-order valence-corrected chi connectivity index (χ1v) is 8.55. The van der Waals surface area contributed by atoms with Crippen molar-refractivity contribution in [2.45, 2.75) is 30.6 Å². The number of Topliss-reactive ketones (excluding diaryl/α,β-unsaturated/α-hetero) is 1. The van der Waals surface area contributed by atoms with Crippen molar-refractivity contribution in [3.8, 4) is 0 Å². The summed E-state index contributed by atoms with van der Waals surface area (Å²) in [5.74, 6) is -0.0418. The highest BCUT2D eigenvalue weighted by atomic mass is 32.2. The Bertz CT molecular complexity index is 745. The van der Waals surface area contributed by atoms with Gasteiger partial charge in [0.2, 0.25) is 0 Å². The number of benzene rings is 1. The predicted octanol–water partition coefficient (Wildman–Crippen LogP) is 2.67. The van der Waals surface area contributed by atoms with E-state index in [9.17, 15) is 9.59 Å². The van der Waals surface area contributed by atoms with Gasteiger partial charge in [0.1, 0.15) is 10.8 Å². The van der Waals surface area contributed by atoms with Crippen LogP contribution in [0.5, 0.6) is 0 Å². The topological polar surface area (TPSA) is 61.2 Å². The molecule has 23 heavy (non-hydrogen) atoms. The summed E-state index contributed by atoms with van der Waals surface area (Å²) in [5.41, 5.74) is 0.924. The molecule has 120 valence electrons. The van der Waals surface area contributed by atoms with Gasteiger partial charge in [-0.05, 0) is 12.5 Å². The lowest BCUT2D eigenvalue weighted by molar-refractivity contribution is 0.0991. The van der Waals surface area contributed by atoms with Crippen LogP contribution in [0.2, 0.25) is 0 Å². The largest absolute Gasteiger partial charge is 0.364 e. The minimum Gasteiger partial charge on any atom is -0.364 e. The Morgan fingerprint density at radius 1 is 1.35 bits per heavy atom. The van der Waals surface area contributed by atoms with E-state index in [4.69, 9.17) is 4.74 Å². The highest BCUT2D eigenvalue weighted by Crippen LogP contribution is 2.35. The number of nitrogens with zero attached hydrogens (tertiary/aromatic N) is 2. The van der Waals surface area contributed by atoms with Crippen LogP contribution in [0.1, 0.15) is 34.8 Å². The molecule has 0 spiro atoms. The van der Waals surface area contributed by atoms with Crippen LogP contribution >= 0.6 is 11.8 Å². The number of hydrogen-bond donors (Lipinski definition) is 0. The average molecular weight is 330 g/mol. The van der Waals surface area contributed by atoms with Crippen molar-refractivity contribution in [1.29, 1.82) is 0 Å². The number of carbonyl (C=O) groups is 1. The molecular weight excluding hydrogens is 312 g/mol. The molecule has 0 aliphatic carbocycles. The normalized spacial score (nSPS) is 20.6. The third-order valence-corrected chi connectivity index (χ3v) is 5.15. The second-order valence-electron chi connectivity index (χ2n) is 5.34. The highest BCUT2D eigenvalue weighted by Gasteiger charge is 2.27. The molecule has 0 N–H and O–H groups in total. The van der Waals surface area contributed by atoms with Gasteiger partial charge in [0, 0.05) is 11.8 Å². The first kappa shape index (κ1) is 16.0. The molecule has 6 heteroatoms. The molecule has 1 aliphatic rings. The molecule has 0 amide bonds. The molecule has 0 radical (unpaired) electrons. The number of aromatic nitrogens is 2. The van der Waals surface area contributed by atoms with Crippen molar-refractivity contribution < 1.29 is 9.53 Å². The minimum absolute atomic E-state index is 0.0418. The molecule has 1 saturated heterocycles. The first-order chi connectivity index (χ1) is 11.2. The van der Waals surface area contributed by atoms with E-state index < -0.39 is 0 Å². The lowest BCUT2D eigenvalue weighted by atomic mass is 10.1. The molecule has 0 bridgehead atoms. The van der Waals surface area contributed by atoms with Crippen molar-refractivity contribution in [3.05, 3.63) is 64.3 Å². The molecule has 2 aromatic rings. The van der Waals surface area contributed by atoms with Gasteiger partial charge in [0.05, 0.1) is 18.7 Å². The van der Waals surface area contributed by atoms with E-state index in [2.05, 4.69) is 11.9 Å². The maximum absolute atomic E-state index is 12.2. The highest BCUT2D eigenvalue weighted by molar-refractivity contribution is 8.00. The summed E-state index contributed by atoms with van der Waals surface area (Å²) in [7, 11) is 0. The van der Waals surface area contributed by atoms with Gasteiger partial charge in [-0.25, -0.2) is 4.79 Å². The average Bonchev–Trinajstić information content (AvgIpc) is 3.04. The Morgan fingerprint density at radius 3 is 2.78 bits per heavy atom.